The lowest BCUT2D eigenvalue weighted by Crippen LogP contribution is -2.35. The quantitative estimate of drug-likeness (QED) is 0.891. The summed E-state index contributed by atoms with van der Waals surface area (Å²) in [5.74, 6) is -0.292. The fourth-order valence-electron chi connectivity index (χ4n) is 2.76. The summed E-state index contributed by atoms with van der Waals surface area (Å²) in [6.07, 6.45) is -5.00. The number of aromatic nitrogens is 1. The van der Waals surface area contributed by atoms with E-state index in [2.05, 4.69) is 4.98 Å². The first-order valence-corrected chi connectivity index (χ1v) is 7.52. The molecule has 9 heteroatoms. The Morgan fingerprint density at radius 2 is 2.08 bits per heavy atom. The molecule has 2 amide bonds. The highest BCUT2D eigenvalue weighted by Gasteiger charge is 2.39. The van der Waals surface area contributed by atoms with E-state index in [0.29, 0.717) is 0 Å². The Kier molecular flexibility index (Phi) is 4.29. The number of nitriles is 1. The molecule has 1 atom stereocenters. The van der Waals surface area contributed by atoms with Gasteiger partial charge in [0.25, 0.3) is 0 Å². The van der Waals surface area contributed by atoms with Crippen molar-refractivity contribution in [2.24, 2.45) is 0 Å². The monoisotopic (exact) mass is 362 g/mol. The van der Waals surface area contributed by atoms with Crippen molar-refractivity contribution in [2.75, 3.05) is 18.5 Å². The molecule has 1 saturated heterocycles. The number of benzene rings is 1. The number of aliphatic hydroxyl groups is 1. The number of alkyl halides is 3. The van der Waals surface area contributed by atoms with Crippen LogP contribution in [0.15, 0.2) is 36.5 Å². The molecule has 2 heterocycles. The maximum absolute atomic E-state index is 13.6. The maximum Gasteiger partial charge on any atom is 0.417 e. The molecule has 0 bridgehead atoms. The van der Waals surface area contributed by atoms with E-state index in [0.717, 1.165) is 17.2 Å². The Morgan fingerprint density at radius 1 is 1.35 bits per heavy atom. The molecule has 1 aliphatic heterocycles. The molecule has 1 aromatic heterocycles. The number of anilines is 1. The van der Waals surface area contributed by atoms with E-state index in [1.54, 1.807) is 0 Å². The number of β-amino-alcohol motifs (C(OH)–C–C–N with tert-alkyl or cyclic N) is 1. The second-order valence-electron chi connectivity index (χ2n) is 5.79. The van der Waals surface area contributed by atoms with Gasteiger partial charge in [0.2, 0.25) is 0 Å². The van der Waals surface area contributed by atoms with Gasteiger partial charge < -0.3 is 10.0 Å². The van der Waals surface area contributed by atoms with Crippen molar-refractivity contribution < 1.29 is 23.1 Å². The molecule has 0 saturated carbocycles. The van der Waals surface area contributed by atoms with Crippen molar-refractivity contribution in [3.8, 4) is 17.2 Å². The van der Waals surface area contributed by atoms with Gasteiger partial charge in [-0.3, -0.25) is 0 Å². The van der Waals surface area contributed by atoms with Gasteiger partial charge in [-0.25, -0.2) is 14.7 Å². The Labute approximate surface area is 146 Å². The number of halogens is 3. The van der Waals surface area contributed by atoms with Crippen LogP contribution in [0, 0.1) is 11.3 Å². The van der Waals surface area contributed by atoms with E-state index in [1.165, 1.54) is 36.2 Å². The normalized spacial score (nSPS) is 17.5. The molecule has 2 aromatic rings. The molecule has 0 radical (unpaired) electrons. The first kappa shape index (κ1) is 17.7. The fraction of sp³-hybridized carbons (Fsp3) is 0.235. The number of amides is 2. The molecule has 1 N–H and O–H groups in total. The number of likely N-dealkylation sites (N-methyl/N-ethyl adjacent to an activating group) is 1. The average molecular weight is 362 g/mol. The van der Waals surface area contributed by atoms with Crippen LogP contribution in [-0.2, 0) is 6.18 Å². The van der Waals surface area contributed by atoms with Crippen molar-refractivity contribution >= 4 is 11.8 Å². The van der Waals surface area contributed by atoms with E-state index in [-0.39, 0.29) is 29.1 Å². The summed E-state index contributed by atoms with van der Waals surface area (Å²) in [7, 11) is 1.43. The zero-order valence-corrected chi connectivity index (χ0v) is 13.5. The second kappa shape index (κ2) is 6.31. The van der Waals surface area contributed by atoms with Gasteiger partial charge in [0.05, 0.1) is 23.7 Å². The smallest absolute Gasteiger partial charge is 0.371 e. The predicted molar refractivity (Wildman–Crippen MR) is 85.9 cm³/mol. The van der Waals surface area contributed by atoms with Gasteiger partial charge in [-0.2, -0.15) is 18.4 Å². The minimum absolute atomic E-state index is 0.0339. The molecule has 26 heavy (non-hydrogen) atoms. The number of rotatable bonds is 2. The number of hydrogen-bond donors (Lipinski definition) is 1. The lowest BCUT2D eigenvalue weighted by atomic mass is 9.99. The maximum atomic E-state index is 13.6. The molecule has 3 rings (SSSR count). The van der Waals surface area contributed by atoms with Crippen LogP contribution < -0.4 is 4.90 Å². The zero-order chi connectivity index (χ0) is 19.1. The Bertz CT molecular complexity index is 908. The summed E-state index contributed by atoms with van der Waals surface area (Å²) in [5.41, 5.74) is -0.827. The van der Waals surface area contributed by atoms with Gasteiger partial charge >= 0.3 is 12.2 Å². The summed E-state index contributed by atoms with van der Waals surface area (Å²) < 4.78 is 40.8. The number of urea groups is 1. The second-order valence-corrected chi connectivity index (χ2v) is 5.79. The van der Waals surface area contributed by atoms with E-state index >= 15 is 0 Å². The number of hydrogen-bond acceptors (Lipinski definition) is 4. The molecular weight excluding hydrogens is 349 g/mol. The molecule has 0 spiro atoms. The zero-order valence-electron chi connectivity index (χ0n) is 13.5. The molecule has 1 aromatic carbocycles. The van der Waals surface area contributed by atoms with Crippen LogP contribution in [0.2, 0.25) is 0 Å². The van der Waals surface area contributed by atoms with Gasteiger partial charge in [-0.1, -0.05) is 12.1 Å². The molecule has 1 unspecified atom stereocenters. The van der Waals surface area contributed by atoms with Crippen molar-refractivity contribution in [3.63, 3.8) is 0 Å². The fourth-order valence-corrected chi connectivity index (χ4v) is 2.76. The summed E-state index contributed by atoms with van der Waals surface area (Å²) >= 11 is 0. The van der Waals surface area contributed by atoms with Crippen molar-refractivity contribution in [1.82, 2.24) is 9.88 Å². The Hall–Kier alpha value is -3.12. The number of aliphatic hydroxyl groups excluding tert-OH is 1. The van der Waals surface area contributed by atoms with Gasteiger partial charge in [0.1, 0.15) is 5.82 Å². The van der Waals surface area contributed by atoms with E-state index in [9.17, 15) is 23.1 Å². The van der Waals surface area contributed by atoms with Crippen LogP contribution in [0.3, 0.4) is 0 Å². The molecule has 134 valence electrons. The van der Waals surface area contributed by atoms with Crippen LogP contribution in [0.1, 0.15) is 11.1 Å². The first-order chi connectivity index (χ1) is 12.2. The largest absolute Gasteiger partial charge is 0.417 e. The highest BCUT2D eigenvalue weighted by Crippen LogP contribution is 2.39. The van der Waals surface area contributed by atoms with Crippen molar-refractivity contribution in [3.05, 3.63) is 47.7 Å². The Balaban J connectivity index is 2.13. The van der Waals surface area contributed by atoms with Crippen LogP contribution in [0.4, 0.5) is 23.8 Å². The van der Waals surface area contributed by atoms with E-state index in [1.807, 2.05) is 6.07 Å². The summed E-state index contributed by atoms with van der Waals surface area (Å²) in [6.45, 7) is -0.0339. The van der Waals surface area contributed by atoms with Gasteiger partial charge in [-0.15, -0.1) is 0 Å². The first-order valence-electron chi connectivity index (χ1n) is 7.52. The molecular formula is C17H13F3N4O2. The van der Waals surface area contributed by atoms with Crippen LogP contribution >= 0.6 is 0 Å². The van der Waals surface area contributed by atoms with Crippen molar-refractivity contribution in [2.45, 2.75) is 12.4 Å². The van der Waals surface area contributed by atoms with Crippen LogP contribution in [-0.4, -0.2) is 40.8 Å². The third kappa shape index (κ3) is 3.07. The summed E-state index contributed by atoms with van der Waals surface area (Å²) in [6, 6.07) is 7.69. The molecule has 1 fully saturated rings. The van der Waals surface area contributed by atoms with Gasteiger partial charge in [0, 0.05) is 18.8 Å². The van der Waals surface area contributed by atoms with E-state index < -0.39 is 24.0 Å². The molecule has 1 aliphatic rings. The van der Waals surface area contributed by atoms with E-state index in [4.69, 9.17) is 5.26 Å². The predicted octanol–water partition coefficient (Wildman–Crippen LogP) is 2.83. The minimum Gasteiger partial charge on any atom is -0.371 e. The third-order valence-electron chi connectivity index (χ3n) is 4.01. The summed E-state index contributed by atoms with van der Waals surface area (Å²) in [5, 5.41) is 18.9. The summed E-state index contributed by atoms with van der Waals surface area (Å²) in [4.78, 5) is 18.0. The van der Waals surface area contributed by atoms with Crippen LogP contribution in [0.25, 0.3) is 11.1 Å². The standard InChI is InChI=1S/C17H13F3N4O2/c1-23-9-15(25)24(16(23)26)14-6-13(17(18,19)20)12(8-22-14)11-4-2-3-10(5-11)7-21/h2-6,8,15,25H,9H2,1H3. The van der Waals surface area contributed by atoms with Crippen LogP contribution in [0.5, 0.6) is 0 Å². The average Bonchev–Trinajstić information content (AvgIpc) is 2.86. The third-order valence-corrected chi connectivity index (χ3v) is 4.01. The minimum atomic E-state index is -4.71. The number of carbonyl (C=O) groups is 1. The lowest BCUT2D eigenvalue weighted by Gasteiger charge is -2.21. The highest BCUT2D eigenvalue weighted by atomic mass is 19.4. The topological polar surface area (TPSA) is 80.5 Å². The highest BCUT2D eigenvalue weighted by molar-refractivity contribution is 5.93. The molecule has 0 aliphatic carbocycles. The number of nitrogens with zero attached hydrogens (tertiary/aromatic N) is 4. The Morgan fingerprint density at radius 3 is 2.65 bits per heavy atom. The van der Waals surface area contributed by atoms with Gasteiger partial charge in [0.15, 0.2) is 6.23 Å². The molecule has 6 nitrogen and oxygen atoms in total. The lowest BCUT2D eigenvalue weighted by molar-refractivity contribution is -0.137. The van der Waals surface area contributed by atoms with Gasteiger partial charge in [-0.05, 0) is 23.8 Å². The number of pyridine rings is 1. The SMILES string of the molecule is CN1CC(O)N(c2cc(C(F)(F)F)c(-c3cccc(C#N)c3)cn2)C1=O. The number of carbonyl (C=O) groups excluding carboxylic acids is 1. The van der Waals surface area contributed by atoms with Crippen molar-refractivity contribution in [1.29, 1.82) is 5.26 Å².